The zero-order valence-corrected chi connectivity index (χ0v) is 10.2. The summed E-state index contributed by atoms with van der Waals surface area (Å²) in [5.41, 5.74) is 0.895. The average Bonchev–Trinajstić information content (AvgIpc) is 2.77. The van der Waals surface area contributed by atoms with Crippen LogP contribution in [0.4, 0.5) is 0 Å². The molecule has 0 N–H and O–H groups in total. The zero-order valence-electron chi connectivity index (χ0n) is 9.40. The van der Waals surface area contributed by atoms with Crippen molar-refractivity contribution >= 4 is 17.5 Å². The highest BCUT2D eigenvalue weighted by Crippen LogP contribution is 2.18. The van der Waals surface area contributed by atoms with E-state index in [2.05, 4.69) is 6.07 Å². The summed E-state index contributed by atoms with van der Waals surface area (Å²) in [7, 11) is 0. The Morgan fingerprint density at radius 1 is 1.59 bits per heavy atom. The van der Waals surface area contributed by atoms with Gasteiger partial charge in [0, 0.05) is 11.6 Å². The first-order chi connectivity index (χ1) is 8.20. The van der Waals surface area contributed by atoms with Crippen LogP contribution >= 0.6 is 11.6 Å². The lowest BCUT2D eigenvalue weighted by atomic mass is 10.1. The highest BCUT2D eigenvalue weighted by atomic mass is 35.5. The van der Waals surface area contributed by atoms with Crippen LogP contribution in [0.1, 0.15) is 18.4 Å². The fourth-order valence-corrected chi connectivity index (χ4v) is 2.34. The second kappa shape index (κ2) is 5.20. The van der Waals surface area contributed by atoms with Crippen molar-refractivity contribution in [3.8, 4) is 6.07 Å². The van der Waals surface area contributed by atoms with Gasteiger partial charge in [-0.15, -0.1) is 0 Å². The first kappa shape index (κ1) is 11.9. The third kappa shape index (κ3) is 2.78. The van der Waals surface area contributed by atoms with Gasteiger partial charge in [-0.05, 0) is 30.5 Å². The molecule has 1 fully saturated rings. The first-order valence-electron chi connectivity index (χ1n) is 5.64. The SMILES string of the molecule is N#CC1CCCN1C(=O)Cc1cccc(Cl)c1. The van der Waals surface area contributed by atoms with Crippen LogP contribution in [-0.2, 0) is 11.2 Å². The van der Waals surface area contributed by atoms with Crippen molar-refractivity contribution in [2.24, 2.45) is 0 Å². The minimum atomic E-state index is -0.248. The van der Waals surface area contributed by atoms with Gasteiger partial charge >= 0.3 is 0 Å². The van der Waals surface area contributed by atoms with E-state index in [1.165, 1.54) is 0 Å². The van der Waals surface area contributed by atoms with Gasteiger partial charge < -0.3 is 4.90 Å². The van der Waals surface area contributed by atoms with Crippen LogP contribution in [0.15, 0.2) is 24.3 Å². The van der Waals surface area contributed by atoms with E-state index in [4.69, 9.17) is 16.9 Å². The lowest BCUT2D eigenvalue weighted by Gasteiger charge is -2.19. The van der Waals surface area contributed by atoms with Gasteiger partial charge in [-0.2, -0.15) is 5.26 Å². The number of rotatable bonds is 2. The molecule has 1 aliphatic heterocycles. The van der Waals surface area contributed by atoms with Crippen LogP contribution in [0, 0.1) is 11.3 Å². The molecule has 1 aromatic rings. The van der Waals surface area contributed by atoms with E-state index >= 15 is 0 Å². The number of carbonyl (C=O) groups excluding carboxylic acids is 1. The van der Waals surface area contributed by atoms with Crippen molar-refractivity contribution in [3.05, 3.63) is 34.9 Å². The van der Waals surface area contributed by atoms with Crippen LogP contribution < -0.4 is 0 Å². The third-order valence-corrected chi connectivity index (χ3v) is 3.20. The van der Waals surface area contributed by atoms with E-state index in [1.54, 1.807) is 17.0 Å². The van der Waals surface area contributed by atoms with Gasteiger partial charge in [0.15, 0.2) is 0 Å². The average molecular weight is 249 g/mol. The molecule has 1 unspecified atom stereocenters. The van der Waals surface area contributed by atoms with Gasteiger partial charge in [0.25, 0.3) is 0 Å². The number of benzene rings is 1. The first-order valence-corrected chi connectivity index (χ1v) is 6.02. The Balaban J connectivity index is 2.04. The summed E-state index contributed by atoms with van der Waals surface area (Å²) < 4.78 is 0. The molecule has 0 aromatic heterocycles. The molecule has 1 heterocycles. The Hall–Kier alpha value is -1.53. The standard InChI is InChI=1S/C13H13ClN2O/c14-11-4-1-3-10(7-11)8-13(17)16-6-2-5-12(16)9-15/h1,3-4,7,12H,2,5-6,8H2. The van der Waals surface area contributed by atoms with E-state index in [1.807, 2.05) is 12.1 Å². The molecule has 1 atom stereocenters. The topological polar surface area (TPSA) is 44.1 Å². The van der Waals surface area contributed by atoms with Crippen LogP contribution in [0.2, 0.25) is 5.02 Å². The van der Waals surface area contributed by atoms with Crippen molar-refractivity contribution in [3.63, 3.8) is 0 Å². The molecule has 2 rings (SSSR count). The van der Waals surface area contributed by atoms with E-state index < -0.39 is 0 Å². The Morgan fingerprint density at radius 3 is 3.12 bits per heavy atom. The predicted molar refractivity (Wildman–Crippen MR) is 65.5 cm³/mol. The van der Waals surface area contributed by atoms with E-state index in [0.717, 1.165) is 18.4 Å². The highest BCUT2D eigenvalue weighted by Gasteiger charge is 2.28. The van der Waals surface area contributed by atoms with Crippen LogP contribution in [0.5, 0.6) is 0 Å². The van der Waals surface area contributed by atoms with Crippen molar-refractivity contribution in [2.75, 3.05) is 6.54 Å². The van der Waals surface area contributed by atoms with Crippen molar-refractivity contribution in [1.29, 1.82) is 5.26 Å². The van der Waals surface area contributed by atoms with Gasteiger partial charge in [-0.3, -0.25) is 4.79 Å². The van der Waals surface area contributed by atoms with Crippen molar-refractivity contribution in [2.45, 2.75) is 25.3 Å². The Bertz CT molecular complexity index is 467. The molecular formula is C13H13ClN2O. The van der Waals surface area contributed by atoms with Crippen LogP contribution in [0.25, 0.3) is 0 Å². The predicted octanol–water partition coefficient (Wildman–Crippen LogP) is 2.40. The molecule has 1 aliphatic rings. The summed E-state index contributed by atoms with van der Waals surface area (Å²) in [5.74, 6) is 0.0105. The maximum atomic E-state index is 12.0. The summed E-state index contributed by atoms with van der Waals surface area (Å²) in [6.07, 6.45) is 2.02. The maximum absolute atomic E-state index is 12.0. The number of hydrogen-bond donors (Lipinski definition) is 0. The van der Waals surface area contributed by atoms with Gasteiger partial charge in [0.1, 0.15) is 6.04 Å². The largest absolute Gasteiger partial charge is 0.326 e. The number of halogens is 1. The Labute approximate surface area is 106 Å². The smallest absolute Gasteiger partial charge is 0.228 e. The summed E-state index contributed by atoms with van der Waals surface area (Å²) >= 11 is 5.87. The molecule has 0 aliphatic carbocycles. The van der Waals surface area contributed by atoms with Crippen LogP contribution in [-0.4, -0.2) is 23.4 Å². The van der Waals surface area contributed by atoms with Crippen molar-refractivity contribution in [1.82, 2.24) is 4.90 Å². The molecule has 1 saturated heterocycles. The summed E-state index contributed by atoms with van der Waals surface area (Å²) in [6.45, 7) is 0.692. The molecule has 1 amide bonds. The summed E-state index contributed by atoms with van der Waals surface area (Å²) in [5, 5.41) is 9.56. The third-order valence-electron chi connectivity index (χ3n) is 2.97. The minimum absolute atomic E-state index is 0.0105. The molecule has 4 heteroatoms. The summed E-state index contributed by atoms with van der Waals surface area (Å²) in [4.78, 5) is 13.7. The summed E-state index contributed by atoms with van der Waals surface area (Å²) in [6, 6.07) is 9.20. The molecule has 0 spiro atoms. The van der Waals surface area contributed by atoms with Gasteiger partial charge in [0.05, 0.1) is 12.5 Å². The van der Waals surface area contributed by atoms with E-state index in [9.17, 15) is 4.79 Å². The van der Waals surface area contributed by atoms with Crippen molar-refractivity contribution < 1.29 is 4.79 Å². The van der Waals surface area contributed by atoms with E-state index in [-0.39, 0.29) is 11.9 Å². The van der Waals surface area contributed by atoms with Gasteiger partial charge in [0.2, 0.25) is 5.91 Å². The van der Waals surface area contributed by atoms with Gasteiger partial charge in [-0.1, -0.05) is 23.7 Å². The molecule has 1 aromatic carbocycles. The fourth-order valence-electron chi connectivity index (χ4n) is 2.12. The van der Waals surface area contributed by atoms with E-state index in [0.29, 0.717) is 18.0 Å². The molecule has 0 bridgehead atoms. The Kier molecular flexibility index (Phi) is 3.65. The normalized spacial score (nSPS) is 19.1. The molecular weight excluding hydrogens is 236 g/mol. The van der Waals surface area contributed by atoms with Crippen LogP contribution in [0.3, 0.4) is 0 Å². The number of nitriles is 1. The lowest BCUT2D eigenvalue weighted by molar-refractivity contribution is -0.130. The monoisotopic (exact) mass is 248 g/mol. The maximum Gasteiger partial charge on any atom is 0.228 e. The fraction of sp³-hybridized carbons (Fsp3) is 0.385. The number of carbonyl (C=O) groups is 1. The zero-order chi connectivity index (χ0) is 12.3. The number of amides is 1. The minimum Gasteiger partial charge on any atom is -0.326 e. The number of hydrogen-bond acceptors (Lipinski definition) is 2. The quantitative estimate of drug-likeness (QED) is 0.807. The molecule has 3 nitrogen and oxygen atoms in total. The Morgan fingerprint density at radius 2 is 2.41 bits per heavy atom. The molecule has 17 heavy (non-hydrogen) atoms. The lowest BCUT2D eigenvalue weighted by Crippen LogP contribution is -2.35. The second-order valence-corrected chi connectivity index (χ2v) is 4.62. The van der Waals surface area contributed by atoms with Gasteiger partial charge in [-0.25, -0.2) is 0 Å². The number of likely N-dealkylation sites (tertiary alicyclic amines) is 1. The molecule has 0 radical (unpaired) electrons. The second-order valence-electron chi connectivity index (χ2n) is 4.18. The highest BCUT2D eigenvalue weighted by molar-refractivity contribution is 6.30. The molecule has 0 saturated carbocycles. The number of nitrogens with zero attached hydrogens (tertiary/aromatic N) is 2. The molecule has 88 valence electrons.